The molecule has 1 aliphatic heterocycles. The number of carbonyl (C=O) groups excluding carboxylic acids is 1. The number of nitrogens with one attached hydrogen (secondary N) is 1. The molecule has 4 nitrogen and oxygen atoms in total. The fourth-order valence-corrected chi connectivity index (χ4v) is 2.81. The minimum atomic E-state index is -0.498. The number of carbonyl (C=O) groups is 1. The van der Waals surface area contributed by atoms with Gasteiger partial charge in [0, 0.05) is 19.1 Å². The zero-order valence-corrected chi connectivity index (χ0v) is 14.6. The number of hydrogen-bond donors (Lipinski definition) is 1. The fraction of sp³-hybridized carbons (Fsp3) is 0.588. The lowest BCUT2D eigenvalue weighted by Gasteiger charge is -2.26. The summed E-state index contributed by atoms with van der Waals surface area (Å²) >= 11 is 6.05. The van der Waals surface area contributed by atoms with Crippen molar-refractivity contribution in [1.82, 2.24) is 4.90 Å². The summed E-state index contributed by atoms with van der Waals surface area (Å²) in [4.78, 5) is 13.9. The van der Waals surface area contributed by atoms with E-state index in [9.17, 15) is 9.18 Å². The number of benzene rings is 1. The first-order valence-corrected chi connectivity index (χ1v) is 8.32. The Morgan fingerprint density at radius 1 is 1.35 bits per heavy atom. The zero-order chi connectivity index (χ0) is 17.0. The van der Waals surface area contributed by atoms with E-state index in [2.05, 4.69) is 5.32 Å². The number of halogens is 2. The van der Waals surface area contributed by atoms with Gasteiger partial charge < -0.3 is 15.0 Å². The lowest BCUT2D eigenvalue weighted by Crippen LogP contribution is -2.37. The zero-order valence-electron chi connectivity index (χ0n) is 13.9. The van der Waals surface area contributed by atoms with Crippen molar-refractivity contribution in [2.45, 2.75) is 51.7 Å². The SMILES string of the molecule is CC(C)(C)OC(=O)N1CCCC(Nc2c(F)cccc2Cl)CC1. The number of hydrogen-bond acceptors (Lipinski definition) is 3. The average molecular weight is 343 g/mol. The maximum Gasteiger partial charge on any atom is 0.410 e. The number of anilines is 1. The Kier molecular flexibility index (Phi) is 5.74. The van der Waals surface area contributed by atoms with Crippen molar-refractivity contribution in [3.63, 3.8) is 0 Å². The van der Waals surface area contributed by atoms with Gasteiger partial charge in [-0.1, -0.05) is 17.7 Å². The van der Waals surface area contributed by atoms with Crippen LogP contribution in [0.4, 0.5) is 14.9 Å². The molecule has 0 bridgehead atoms. The van der Waals surface area contributed by atoms with Gasteiger partial charge in [-0.2, -0.15) is 0 Å². The quantitative estimate of drug-likeness (QED) is 0.848. The molecule has 1 heterocycles. The highest BCUT2D eigenvalue weighted by Gasteiger charge is 2.25. The van der Waals surface area contributed by atoms with E-state index in [1.54, 1.807) is 17.0 Å². The Bertz CT molecular complexity index is 540. The minimum absolute atomic E-state index is 0.0804. The van der Waals surface area contributed by atoms with Crippen LogP contribution < -0.4 is 5.32 Å². The van der Waals surface area contributed by atoms with Crippen LogP contribution in [0.15, 0.2) is 18.2 Å². The van der Waals surface area contributed by atoms with Gasteiger partial charge in [0.2, 0.25) is 0 Å². The van der Waals surface area contributed by atoms with Crippen molar-refractivity contribution in [1.29, 1.82) is 0 Å². The number of amides is 1. The molecule has 0 spiro atoms. The third-order valence-electron chi connectivity index (χ3n) is 3.69. The van der Waals surface area contributed by atoms with Gasteiger partial charge in [-0.15, -0.1) is 0 Å². The summed E-state index contributed by atoms with van der Waals surface area (Å²) in [6, 6.07) is 4.71. The van der Waals surface area contributed by atoms with Gasteiger partial charge in [0.25, 0.3) is 0 Å². The van der Waals surface area contributed by atoms with Gasteiger partial charge >= 0.3 is 6.09 Å². The van der Waals surface area contributed by atoms with Crippen molar-refractivity contribution in [2.24, 2.45) is 0 Å². The molecule has 1 aliphatic rings. The molecule has 1 unspecified atom stereocenters. The smallest absolute Gasteiger partial charge is 0.410 e. The number of rotatable bonds is 2. The summed E-state index contributed by atoms with van der Waals surface area (Å²) in [6.07, 6.45) is 2.12. The number of ether oxygens (including phenoxy) is 1. The van der Waals surface area contributed by atoms with E-state index in [1.165, 1.54) is 6.07 Å². The van der Waals surface area contributed by atoms with Crippen molar-refractivity contribution >= 4 is 23.4 Å². The summed E-state index contributed by atoms with van der Waals surface area (Å²) in [7, 11) is 0. The molecule has 23 heavy (non-hydrogen) atoms. The molecule has 0 radical (unpaired) electrons. The predicted octanol–water partition coefficient (Wildman–Crippen LogP) is 4.68. The molecule has 1 saturated heterocycles. The Morgan fingerprint density at radius 3 is 2.74 bits per heavy atom. The molecule has 1 fully saturated rings. The largest absolute Gasteiger partial charge is 0.444 e. The molecular weight excluding hydrogens is 319 g/mol. The first-order chi connectivity index (χ1) is 10.8. The molecule has 2 rings (SSSR count). The predicted molar refractivity (Wildman–Crippen MR) is 90.5 cm³/mol. The third-order valence-corrected chi connectivity index (χ3v) is 4.01. The molecule has 0 aromatic heterocycles. The highest BCUT2D eigenvalue weighted by atomic mass is 35.5. The fourth-order valence-electron chi connectivity index (χ4n) is 2.59. The molecule has 6 heteroatoms. The molecule has 1 atom stereocenters. The van der Waals surface area contributed by atoms with Crippen molar-refractivity contribution in [3.05, 3.63) is 29.0 Å². The van der Waals surface area contributed by atoms with Gasteiger partial charge in [0.1, 0.15) is 11.4 Å². The van der Waals surface area contributed by atoms with Crippen LogP contribution in [0.1, 0.15) is 40.0 Å². The third kappa shape index (κ3) is 5.27. The summed E-state index contributed by atoms with van der Waals surface area (Å²) < 4.78 is 19.3. The molecule has 1 aromatic carbocycles. The Morgan fingerprint density at radius 2 is 2.09 bits per heavy atom. The van der Waals surface area contributed by atoms with Crippen molar-refractivity contribution in [3.8, 4) is 0 Å². The summed E-state index contributed by atoms with van der Waals surface area (Å²) in [5.74, 6) is -0.356. The second-order valence-electron chi connectivity index (χ2n) is 6.84. The maximum atomic E-state index is 13.9. The van der Waals surface area contributed by atoms with Crippen LogP contribution in [-0.2, 0) is 4.74 Å². The van der Waals surface area contributed by atoms with Crippen LogP contribution in [0.25, 0.3) is 0 Å². The average Bonchev–Trinajstić information content (AvgIpc) is 2.67. The van der Waals surface area contributed by atoms with E-state index >= 15 is 0 Å². The topological polar surface area (TPSA) is 41.6 Å². The van der Waals surface area contributed by atoms with Gasteiger partial charge in [-0.25, -0.2) is 9.18 Å². The number of likely N-dealkylation sites (tertiary alicyclic amines) is 1. The minimum Gasteiger partial charge on any atom is -0.444 e. The standard InChI is InChI=1S/C17H24ClFN2O2/c1-17(2,3)23-16(22)21-10-5-6-12(9-11-21)20-15-13(18)7-4-8-14(15)19/h4,7-8,12,20H,5-6,9-11H2,1-3H3. The van der Waals surface area contributed by atoms with Crippen molar-refractivity contribution in [2.75, 3.05) is 18.4 Å². The molecule has 128 valence electrons. The van der Waals surface area contributed by atoms with Gasteiger partial charge in [0.05, 0.1) is 10.7 Å². The molecule has 0 saturated carbocycles. The summed E-state index contributed by atoms with van der Waals surface area (Å²) in [5.41, 5.74) is -0.160. The number of para-hydroxylation sites is 1. The van der Waals surface area contributed by atoms with E-state index in [-0.39, 0.29) is 18.0 Å². The van der Waals surface area contributed by atoms with E-state index in [0.717, 1.165) is 19.3 Å². The van der Waals surface area contributed by atoms with Crippen LogP contribution in [0.3, 0.4) is 0 Å². The second kappa shape index (κ2) is 7.39. The van der Waals surface area contributed by atoms with Crippen molar-refractivity contribution < 1.29 is 13.9 Å². The lowest BCUT2D eigenvalue weighted by molar-refractivity contribution is 0.0256. The first-order valence-electron chi connectivity index (χ1n) is 7.95. The molecule has 1 aromatic rings. The number of nitrogens with zero attached hydrogens (tertiary/aromatic N) is 1. The van der Waals surface area contributed by atoms with Crippen LogP contribution in [0.5, 0.6) is 0 Å². The highest BCUT2D eigenvalue weighted by Crippen LogP contribution is 2.27. The summed E-state index contributed by atoms with van der Waals surface area (Å²) in [6.45, 7) is 6.80. The second-order valence-corrected chi connectivity index (χ2v) is 7.24. The van der Waals surface area contributed by atoms with E-state index in [4.69, 9.17) is 16.3 Å². The van der Waals surface area contributed by atoms with Crippen LogP contribution in [-0.4, -0.2) is 35.7 Å². The monoisotopic (exact) mass is 342 g/mol. The Balaban J connectivity index is 1.95. The Labute approximate surface area is 141 Å². The van der Waals surface area contributed by atoms with Crippen LogP contribution in [0.2, 0.25) is 5.02 Å². The van der Waals surface area contributed by atoms with Gasteiger partial charge in [-0.3, -0.25) is 0 Å². The maximum absolute atomic E-state index is 13.9. The van der Waals surface area contributed by atoms with E-state index in [0.29, 0.717) is 23.8 Å². The Hall–Kier alpha value is -1.49. The highest BCUT2D eigenvalue weighted by molar-refractivity contribution is 6.33. The normalized spacial score (nSPS) is 19.2. The lowest BCUT2D eigenvalue weighted by atomic mass is 10.1. The van der Waals surface area contributed by atoms with E-state index in [1.807, 2.05) is 20.8 Å². The molecule has 0 aliphatic carbocycles. The first kappa shape index (κ1) is 17.9. The van der Waals surface area contributed by atoms with Gasteiger partial charge in [-0.05, 0) is 52.2 Å². The van der Waals surface area contributed by atoms with Crippen LogP contribution >= 0.6 is 11.6 Å². The summed E-state index contributed by atoms with van der Waals surface area (Å²) in [5, 5.41) is 3.55. The van der Waals surface area contributed by atoms with Crippen LogP contribution in [0, 0.1) is 5.82 Å². The molecular formula is C17H24ClFN2O2. The molecule has 1 amide bonds. The van der Waals surface area contributed by atoms with E-state index < -0.39 is 5.60 Å². The van der Waals surface area contributed by atoms with Gasteiger partial charge in [0.15, 0.2) is 0 Å². The molecule has 1 N–H and O–H groups in total.